The van der Waals surface area contributed by atoms with Gasteiger partial charge in [0.2, 0.25) is 0 Å². The molecular formula is C8H16BOP. The maximum absolute atomic E-state index is 11.8. The molecule has 0 amide bonds. The second-order valence-corrected chi connectivity index (χ2v) is 6.56. The smallest absolute Gasteiger partial charge is 0.102 e. The van der Waals surface area contributed by atoms with E-state index in [2.05, 4.69) is 0 Å². The van der Waals surface area contributed by atoms with Gasteiger partial charge in [-0.05, 0) is 19.2 Å². The van der Waals surface area contributed by atoms with Crippen molar-refractivity contribution in [2.75, 3.05) is 18.5 Å². The van der Waals surface area contributed by atoms with Crippen LogP contribution in [0.1, 0.15) is 20.8 Å². The van der Waals surface area contributed by atoms with Gasteiger partial charge in [0.1, 0.15) is 7.85 Å². The van der Waals surface area contributed by atoms with Gasteiger partial charge < -0.3 is 4.57 Å². The summed E-state index contributed by atoms with van der Waals surface area (Å²) in [6.07, 6.45) is 2.26. The van der Waals surface area contributed by atoms with Gasteiger partial charge in [0.15, 0.2) is 0 Å². The van der Waals surface area contributed by atoms with E-state index < -0.39 is 7.14 Å². The topological polar surface area (TPSA) is 17.1 Å². The van der Waals surface area contributed by atoms with E-state index in [0.717, 1.165) is 17.9 Å². The lowest BCUT2D eigenvalue weighted by Crippen LogP contribution is -1.96. The van der Waals surface area contributed by atoms with E-state index in [4.69, 9.17) is 7.85 Å². The van der Waals surface area contributed by atoms with E-state index in [1.54, 1.807) is 5.98 Å². The van der Waals surface area contributed by atoms with E-state index in [9.17, 15) is 4.57 Å². The van der Waals surface area contributed by atoms with Gasteiger partial charge in [-0.2, -0.15) is 0 Å². The maximum Gasteiger partial charge on any atom is 0.102 e. The molecule has 11 heavy (non-hydrogen) atoms. The second kappa shape index (κ2) is 4.82. The molecule has 62 valence electrons. The molecule has 0 aliphatic rings. The molecule has 0 aliphatic heterocycles. The number of rotatable bonds is 4. The van der Waals surface area contributed by atoms with Gasteiger partial charge >= 0.3 is 0 Å². The highest BCUT2D eigenvalue weighted by Gasteiger charge is 2.16. The first-order valence-corrected chi connectivity index (χ1v) is 6.28. The van der Waals surface area contributed by atoms with Crippen molar-refractivity contribution >= 4 is 15.0 Å². The number of hydrogen-bond acceptors (Lipinski definition) is 1. The minimum absolute atomic E-state index is 0.691. The van der Waals surface area contributed by atoms with E-state index >= 15 is 0 Å². The first-order valence-electron chi connectivity index (χ1n) is 4.02. The summed E-state index contributed by atoms with van der Waals surface area (Å²) in [6.45, 7) is 5.89. The fourth-order valence-corrected chi connectivity index (χ4v) is 2.86. The number of allylic oxidation sites excluding steroid dienone is 1. The molecule has 1 nitrogen and oxygen atoms in total. The lowest BCUT2D eigenvalue weighted by Gasteiger charge is -2.13. The van der Waals surface area contributed by atoms with Crippen LogP contribution in [0.4, 0.5) is 0 Å². The molecule has 0 atom stereocenters. The lowest BCUT2D eigenvalue weighted by molar-refractivity contribution is 0.577. The molecular weight excluding hydrogens is 154 g/mol. The Morgan fingerprint density at radius 2 is 1.91 bits per heavy atom. The van der Waals surface area contributed by atoms with Gasteiger partial charge in [0.25, 0.3) is 0 Å². The summed E-state index contributed by atoms with van der Waals surface area (Å²) < 4.78 is 11.8. The van der Waals surface area contributed by atoms with E-state index in [-0.39, 0.29) is 0 Å². The summed E-state index contributed by atoms with van der Waals surface area (Å²) >= 11 is 0. The Morgan fingerprint density at radius 3 is 2.18 bits per heavy atom. The van der Waals surface area contributed by atoms with Gasteiger partial charge in [0, 0.05) is 6.16 Å². The van der Waals surface area contributed by atoms with Gasteiger partial charge in [0.05, 0.1) is 7.14 Å². The van der Waals surface area contributed by atoms with E-state index in [1.807, 2.05) is 20.8 Å². The molecule has 0 aromatic carbocycles. The van der Waals surface area contributed by atoms with Crippen molar-refractivity contribution in [3.05, 3.63) is 11.5 Å². The van der Waals surface area contributed by atoms with Crippen LogP contribution in [0.2, 0.25) is 0 Å². The first kappa shape index (κ1) is 11.0. The molecule has 0 rings (SSSR count). The summed E-state index contributed by atoms with van der Waals surface area (Å²) in [7, 11) is 3.40. The molecule has 3 heteroatoms. The van der Waals surface area contributed by atoms with Gasteiger partial charge in [-0.3, -0.25) is 0 Å². The van der Waals surface area contributed by atoms with Crippen LogP contribution in [0.3, 0.4) is 0 Å². The van der Waals surface area contributed by atoms with Gasteiger partial charge in [-0.15, -0.1) is 5.98 Å². The average Bonchev–Trinajstić information content (AvgIpc) is 2.04. The van der Waals surface area contributed by atoms with Crippen molar-refractivity contribution < 1.29 is 4.57 Å². The van der Waals surface area contributed by atoms with E-state index in [0.29, 0.717) is 6.16 Å². The third-order valence-electron chi connectivity index (χ3n) is 1.97. The molecule has 0 fully saturated rings. The molecule has 0 heterocycles. The standard InChI is InChI=1S/C8H16BOP/c1-4-11(10,5-2)7-8(3)6-9/h6H,4-5,7H2,1-3H3/b8-6+. The normalized spacial score (nSPS) is 13.5. The van der Waals surface area contributed by atoms with Crippen molar-refractivity contribution in [3.63, 3.8) is 0 Å². The zero-order chi connectivity index (χ0) is 8.91. The summed E-state index contributed by atoms with van der Waals surface area (Å²) in [4.78, 5) is 0. The molecule has 0 saturated carbocycles. The van der Waals surface area contributed by atoms with Gasteiger partial charge in [-0.1, -0.05) is 19.4 Å². The fraction of sp³-hybridized carbons (Fsp3) is 0.750. The Balaban J connectivity index is 4.20. The molecule has 0 aliphatic carbocycles. The molecule has 0 aromatic rings. The van der Waals surface area contributed by atoms with Crippen molar-refractivity contribution in [1.82, 2.24) is 0 Å². The molecule has 0 saturated heterocycles. The molecule has 0 aromatic heterocycles. The highest BCUT2D eigenvalue weighted by Crippen LogP contribution is 2.45. The largest absolute Gasteiger partial charge is 0.323 e. The Labute approximate surface area is 71.0 Å². The lowest BCUT2D eigenvalue weighted by atomic mass is 10.1. The van der Waals surface area contributed by atoms with Crippen LogP contribution in [-0.4, -0.2) is 26.3 Å². The highest BCUT2D eigenvalue weighted by atomic mass is 31.2. The Morgan fingerprint density at radius 1 is 1.45 bits per heavy atom. The highest BCUT2D eigenvalue weighted by molar-refractivity contribution is 7.64. The minimum Gasteiger partial charge on any atom is -0.323 e. The van der Waals surface area contributed by atoms with Crippen molar-refractivity contribution in [2.24, 2.45) is 0 Å². The van der Waals surface area contributed by atoms with Crippen molar-refractivity contribution in [2.45, 2.75) is 20.8 Å². The van der Waals surface area contributed by atoms with Crippen molar-refractivity contribution in [3.8, 4) is 0 Å². The van der Waals surface area contributed by atoms with Crippen LogP contribution in [-0.2, 0) is 4.57 Å². The summed E-state index contributed by atoms with van der Waals surface area (Å²) in [6, 6.07) is 0. The number of hydrogen-bond donors (Lipinski definition) is 0. The second-order valence-electron chi connectivity index (χ2n) is 2.86. The average molecular weight is 170 g/mol. The van der Waals surface area contributed by atoms with Crippen LogP contribution in [0.25, 0.3) is 0 Å². The summed E-state index contributed by atoms with van der Waals surface area (Å²) in [5.41, 5.74) is 1.04. The summed E-state index contributed by atoms with van der Waals surface area (Å²) in [5, 5.41) is 0. The molecule has 0 bridgehead atoms. The van der Waals surface area contributed by atoms with Crippen LogP contribution in [0.5, 0.6) is 0 Å². The third kappa shape index (κ3) is 3.81. The third-order valence-corrected chi connectivity index (χ3v) is 5.36. The molecule has 0 unspecified atom stereocenters. The molecule has 0 N–H and O–H groups in total. The predicted octanol–water partition coefficient (Wildman–Crippen LogP) is 2.46. The minimum atomic E-state index is -1.90. The van der Waals surface area contributed by atoms with Crippen molar-refractivity contribution in [1.29, 1.82) is 0 Å². The maximum atomic E-state index is 11.8. The SMILES string of the molecule is [B]/C=C(\C)CP(=O)(CC)CC. The van der Waals surface area contributed by atoms with Crippen LogP contribution >= 0.6 is 7.14 Å². The quantitative estimate of drug-likeness (QED) is 0.467. The Hall–Kier alpha value is 0.0349. The first-order chi connectivity index (χ1) is 5.08. The molecule has 0 spiro atoms. The Kier molecular flexibility index (Phi) is 4.84. The fourth-order valence-electron chi connectivity index (χ4n) is 0.954. The predicted molar refractivity (Wildman–Crippen MR) is 53.1 cm³/mol. The zero-order valence-corrected chi connectivity index (χ0v) is 8.53. The van der Waals surface area contributed by atoms with Crippen LogP contribution in [0, 0.1) is 0 Å². The summed E-state index contributed by atoms with van der Waals surface area (Å²) in [5.74, 6) is 1.55. The monoisotopic (exact) mass is 170 g/mol. The van der Waals surface area contributed by atoms with Gasteiger partial charge in [-0.25, -0.2) is 0 Å². The molecule has 2 radical (unpaired) electrons. The van der Waals surface area contributed by atoms with Crippen LogP contribution in [0.15, 0.2) is 11.5 Å². The van der Waals surface area contributed by atoms with Crippen LogP contribution < -0.4 is 0 Å². The van der Waals surface area contributed by atoms with E-state index in [1.165, 1.54) is 0 Å². The Bertz CT molecular complexity index is 179. The zero-order valence-electron chi connectivity index (χ0n) is 7.63.